The van der Waals surface area contributed by atoms with Crippen LogP contribution in [0.4, 0.5) is 11.4 Å². The summed E-state index contributed by atoms with van der Waals surface area (Å²) in [7, 11) is -3.69. The van der Waals surface area contributed by atoms with Crippen LogP contribution in [0.5, 0.6) is 0 Å². The number of fused-ring (bicyclic) bond motifs is 1. The number of hydrogen-bond donors (Lipinski definition) is 2. The minimum Gasteiger partial charge on any atom is -0.368 e. The van der Waals surface area contributed by atoms with E-state index in [0.29, 0.717) is 16.6 Å². The van der Waals surface area contributed by atoms with Gasteiger partial charge in [0.15, 0.2) is 0 Å². The van der Waals surface area contributed by atoms with Gasteiger partial charge in [0.2, 0.25) is 0 Å². The van der Waals surface area contributed by atoms with Crippen LogP contribution in [-0.2, 0) is 10.0 Å². The van der Waals surface area contributed by atoms with Crippen LogP contribution in [0, 0.1) is 6.92 Å². The van der Waals surface area contributed by atoms with E-state index in [1.165, 1.54) is 0 Å². The van der Waals surface area contributed by atoms with Crippen LogP contribution in [0.1, 0.15) is 12.5 Å². The molecule has 29 heavy (non-hydrogen) atoms. The van der Waals surface area contributed by atoms with Gasteiger partial charge in [0.25, 0.3) is 10.0 Å². The second-order valence-electron chi connectivity index (χ2n) is 7.40. The number of nitrogens with one attached hydrogen (secondary N) is 2. The normalized spacial score (nSPS) is 17.0. The predicted octanol–water partition coefficient (Wildman–Crippen LogP) is 4.17. The van der Waals surface area contributed by atoms with E-state index in [1.807, 2.05) is 49.4 Å². The minimum absolute atomic E-state index is 0. The fourth-order valence-corrected chi connectivity index (χ4v) is 5.02. The quantitative estimate of drug-likeness (QED) is 0.650. The van der Waals surface area contributed by atoms with Gasteiger partial charge in [0.1, 0.15) is 0 Å². The minimum atomic E-state index is -3.69. The molecule has 3 aromatic rings. The van der Waals surface area contributed by atoms with Crippen molar-refractivity contribution in [1.29, 1.82) is 0 Å². The third kappa shape index (κ3) is 4.50. The van der Waals surface area contributed by atoms with Gasteiger partial charge in [0.05, 0.1) is 4.90 Å². The maximum Gasteiger partial charge on any atom is 0.262 e. The molecule has 0 aliphatic carbocycles. The van der Waals surface area contributed by atoms with Crippen molar-refractivity contribution in [3.63, 3.8) is 0 Å². The van der Waals surface area contributed by atoms with Crippen LogP contribution in [0.15, 0.2) is 65.6 Å². The average molecular weight is 432 g/mol. The molecule has 0 spiro atoms. The number of sulfonamides is 1. The van der Waals surface area contributed by atoms with Crippen molar-refractivity contribution in [2.75, 3.05) is 29.3 Å². The van der Waals surface area contributed by atoms with Gasteiger partial charge in [0, 0.05) is 47.8 Å². The van der Waals surface area contributed by atoms with Crippen molar-refractivity contribution in [1.82, 2.24) is 5.32 Å². The second-order valence-corrected chi connectivity index (χ2v) is 9.05. The molecule has 0 radical (unpaired) electrons. The molecule has 154 valence electrons. The molecule has 1 aliphatic heterocycles. The lowest BCUT2D eigenvalue weighted by atomic mass is 10.1. The molecule has 3 aromatic carbocycles. The van der Waals surface area contributed by atoms with E-state index in [4.69, 9.17) is 0 Å². The Kier molecular flexibility index (Phi) is 6.36. The highest BCUT2D eigenvalue weighted by Crippen LogP contribution is 2.33. The van der Waals surface area contributed by atoms with Crippen molar-refractivity contribution in [3.05, 3.63) is 66.2 Å². The van der Waals surface area contributed by atoms with Gasteiger partial charge in [-0.2, -0.15) is 0 Å². The first kappa shape index (κ1) is 21.4. The summed E-state index contributed by atoms with van der Waals surface area (Å²) >= 11 is 0. The van der Waals surface area contributed by atoms with Gasteiger partial charge in [-0.3, -0.25) is 4.72 Å². The Balaban J connectivity index is 0.00000240. The summed E-state index contributed by atoms with van der Waals surface area (Å²) in [6.45, 7) is 6.87. The fourth-order valence-electron chi connectivity index (χ4n) is 3.75. The summed E-state index contributed by atoms with van der Waals surface area (Å²) in [6.07, 6.45) is 0. The first-order chi connectivity index (χ1) is 13.4. The Morgan fingerprint density at radius 1 is 1.00 bits per heavy atom. The smallest absolute Gasteiger partial charge is 0.262 e. The molecule has 0 saturated carbocycles. The molecule has 2 N–H and O–H groups in total. The summed E-state index contributed by atoms with van der Waals surface area (Å²) in [5, 5.41) is 5.15. The highest BCUT2D eigenvalue weighted by Gasteiger charge is 2.22. The third-order valence-corrected chi connectivity index (χ3v) is 6.60. The summed E-state index contributed by atoms with van der Waals surface area (Å²) in [4.78, 5) is 2.63. The number of rotatable bonds is 4. The highest BCUT2D eigenvalue weighted by molar-refractivity contribution is 7.93. The third-order valence-electron chi connectivity index (χ3n) is 5.16. The van der Waals surface area contributed by atoms with Crippen LogP contribution < -0.4 is 14.9 Å². The molecule has 1 aliphatic rings. The Bertz CT molecular complexity index is 1100. The monoisotopic (exact) mass is 431 g/mol. The highest BCUT2D eigenvalue weighted by atomic mass is 35.5. The van der Waals surface area contributed by atoms with E-state index in [9.17, 15) is 8.42 Å². The Morgan fingerprint density at radius 3 is 2.38 bits per heavy atom. The lowest BCUT2D eigenvalue weighted by Gasteiger charge is -2.34. The first-order valence-electron chi connectivity index (χ1n) is 9.53. The van der Waals surface area contributed by atoms with Gasteiger partial charge in [-0.05, 0) is 38.1 Å². The van der Waals surface area contributed by atoms with E-state index >= 15 is 0 Å². The molecule has 1 fully saturated rings. The molecule has 0 aromatic heterocycles. The van der Waals surface area contributed by atoms with E-state index in [1.54, 1.807) is 18.2 Å². The number of benzene rings is 3. The van der Waals surface area contributed by atoms with Crippen LogP contribution in [0.2, 0.25) is 0 Å². The largest absolute Gasteiger partial charge is 0.368 e. The molecule has 0 amide bonds. The number of aryl methyl sites for hydroxylation is 1. The lowest BCUT2D eigenvalue weighted by molar-refractivity contribution is 0.485. The Labute approximate surface area is 178 Å². The van der Waals surface area contributed by atoms with Gasteiger partial charge < -0.3 is 10.2 Å². The number of anilines is 2. The zero-order chi connectivity index (χ0) is 19.7. The van der Waals surface area contributed by atoms with E-state index in [0.717, 1.165) is 41.7 Å². The molecule has 1 heterocycles. The van der Waals surface area contributed by atoms with E-state index in [-0.39, 0.29) is 12.4 Å². The standard InChI is InChI=1S/C22H25N3O2S.ClH/c1-16-7-9-18(10-8-16)24-28(26,27)22-12-11-21(19-5-3-4-6-20(19)22)25-14-13-23-17(2)15-25;/h3-12,17,23-24H,13-15H2,1-2H3;1H. The van der Waals surface area contributed by atoms with Crippen LogP contribution in [-0.4, -0.2) is 34.1 Å². The van der Waals surface area contributed by atoms with Gasteiger partial charge in [-0.15, -0.1) is 12.4 Å². The molecule has 1 saturated heterocycles. The van der Waals surface area contributed by atoms with Crippen LogP contribution >= 0.6 is 12.4 Å². The van der Waals surface area contributed by atoms with Gasteiger partial charge in [-0.1, -0.05) is 42.0 Å². The van der Waals surface area contributed by atoms with Crippen molar-refractivity contribution < 1.29 is 8.42 Å². The number of halogens is 1. The van der Waals surface area contributed by atoms with Crippen molar-refractivity contribution in [3.8, 4) is 0 Å². The lowest BCUT2D eigenvalue weighted by Crippen LogP contribution is -2.49. The Hall–Kier alpha value is -2.28. The summed E-state index contributed by atoms with van der Waals surface area (Å²) in [5.41, 5.74) is 2.73. The predicted molar refractivity (Wildman–Crippen MR) is 123 cm³/mol. The second kappa shape index (κ2) is 8.61. The number of piperazine rings is 1. The molecular weight excluding hydrogens is 406 g/mol. The van der Waals surface area contributed by atoms with Gasteiger partial charge >= 0.3 is 0 Å². The molecule has 5 nitrogen and oxygen atoms in total. The zero-order valence-corrected chi connectivity index (χ0v) is 18.2. The van der Waals surface area contributed by atoms with Crippen LogP contribution in [0.3, 0.4) is 0 Å². The SMILES string of the molecule is Cc1ccc(NS(=O)(=O)c2ccc(N3CCNC(C)C3)c3ccccc23)cc1.Cl. The topological polar surface area (TPSA) is 61.4 Å². The van der Waals surface area contributed by atoms with E-state index < -0.39 is 10.0 Å². The fraction of sp³-hybridized carbons (Fsp3) is 0.273. The maximum absolute atomic E-state index is 13.1. The molecule has 0 bridgehead atoms. The van der Waals surface area contributed by atoms with E-state index in [2.05, 4.69) is 21.9 Å². The summed E-state index contributed by atoms with van der Waals surface area (Å²) in [5.74, 6) is 0. The van der Waals surface area contributed by atoms with Crippen molar-refractivity contribution in [2.24, 2.45) is 0 Å². The molecule has 7 heteroatoms. The molecule has 1 atom stereocenters. The molecule has 4 rings (SSSR count). The number of hydrogen-bond acceptors (Lipinski definition) is 4. The molecule has 1 unspecified atom stereocenters. The maximum atomic E-state index is 13.1. The molecular formula is C22H26ClN3O2S. The van der Waals surface area contributed by atoms with Crippen molar-refractivity contribution in [2.45, 2.75) is 24.8 Å². The Morgan fingerprint density at radius 2 is 1.69 bits per heavy atom. The zero-order valence-electron chi connectivity index (χ0n) is 16.6. The average Bonchev–Trinajstić information content (AvgIpc) is 2.68. The van der Waals surface area contributed by atoms with Crippen molar-refractivity contribution >= 4 is 44.6 Å². The van der Waals surface area contributed by atoms with Crippen LogP contribution in [0.25, 0.3) is 10.8 Å². The summed E-state index contributed by atoms with van der Waals surface area (Å²) in [6, 6.07) is 19.1. The first-order valence-corrected chi connectivity index (χ1v) is 11.0. The van der Waals surface area contributed by atoms with Gasteiger partial charge in [-0.25, -0.2) is 8.42 Å². The number of nitrogens with zero attached hydrogens (tertiary/aromatic N) is 1. The summed E-state index contributed by atoms with van der Waals surface area (Å²) < 4.78 is 28.9.